The van der Waals surface area contributed by atoms with Gasteiger partial charge in [0.15, 0.2) is 0 Å². The van der Waals surface area contributed by atoms with E-state index in [1.54, 1.807) is 11.9 Å². The highest BCUT2D eigenvalue weighted by Gasteiger charge is 2.18. The normalized spacial score (nSPS) is 12.5. The SMILES string of the molecule is CC.CCNCCN(C)C(=O)Nc1cc(C)c2c(c1)CCC(=O)N2. The first kappa shape index (κ1) is 20.0. The minimum absolute atomic E-state index is 0.0514. The molecule has 1 aliphatic rings. The van der Waals surface area contributed by atoms with Crippen LogP contribution < -0.4 is 16.0 Å². The summed E-state index contributed by atoms with van der Waals surface area (Å²) in [6.45, 7) is 10.3. The highest BCUT2D eigenvalue weighted by molar-refractivity contribution is 5.96. The third-order valence-electron chi connectivity index (χ3n) is 3.77. The second-order valence-corrected chi connectivity index (χ2v) is 5.58. The number of amides is 3. The van der Waals surface area contributed by atoms with Crippen LogP contribution in [0.4, 0.5) is 16.2 Å². The van der Waals surface area contributed by atoms with Gasteiger partial charge in [-0.15, -0.1) is 0 Å². The summed E-state index contributed by atoms with van der Waals surface area (Å²) < 4.78 is 0. The fraction of sp³-hybridized carbons (Fsp3) is 0.556. The van der Waals surface area contributed by atoms with Gasteiger partial charge in [0.2, 0.25) is 5.91 Å². The predicted molar refractivity (Wildman–Crippen MR) is 99.7 cm³/mol. The predicted octanol–water partition coefficient (Wildman–Crippen LogP) is 2.98. The number of aryl methyl sites for hydroxylation is 2. The number of fused-ring (bicyclic) bond motifs is 1. The van der Waals surface area contributed by atoms with Gasteiger partial charge in [-0.05, 0) is 43.1 Å². The van der Waals surface area contributed by atoms with Crippen LogP contribution in [-0.4, -0.2) is 43.5 Å². The van der Waals surface area contributed by atoms with Crippen LogP contribution in [0.5, 0.6) is 0 Å². The third-order valence-corrected chi connectivity index (χ3v) is 3.77. The molecule has 0 aliphatic carbocycles. The number of nitrogens with one attached hydrogen (secondary N) is 3. The van der Waals surface area contributed by atoms with E-state index in [1.165, 1.54) is 0 Å². The van der Waals surface area contributed by atoms with Crippen LogP contribution >= 0.6 is 0 Å². The molecule has 0 radical (unpaired) electrons. The molecule has 0 saturated carbocycles. The van der Waals surface area contributed by atoms with E-state index in [0.717, 1.165) is 35.6 Å². The lowest BCUT2D eigenvalue weighted by atomic mass is 9.98. The Balaban J connectivity index is 0.00000139. The zero-order valence-corrected chi connectivity index (χ0v) is 15.5. The number of benzene rings is 1. The fourth-order valence-electron chi connectivity index (χ4n) is 2.50. The summed E-state index contributed by atoms with van der Waals surface area (Å²) in [4.78, 5) is 25.3. The molecule has 0 aromatic heterocycles. The van der Waals surface area contributed by atoms with Crippen molar-refractivity contribution in [3.63, 3.8) is 0 Å². The van der Waals surface area contributed by atoms with Gasteiger partial charge in [0.25, 0.3) is 0 Å². The molecule has 0 spiro atoms. The first-order valence-corrected chi connectivity index (χ1v) is 8.67. The number of nitrogens with zero attached hydrogens (tertiary/aromatic N) is 1. The number of carbonyl (C=O) groups is 2. The van der Waals surface area contributed by atoms with Gasteiger partial charge in [0.1, 0.15) is 0 Å². The first-order valence-electron chi connectivity index (χ1n) is 8.67. The van der Waals surface area contributed by atoms with Crippen LogP contribution in [-0.2, 0) is 11.2 Å². The highest BCUT2D eigenvalue weighted by Crippen LogP contribution is 2.29. The van der Waals surface area contributed by atoms with Crippen molar-refractivity contribution in [2.24, 2.45) is 0 Å². The van der Waals surface area contributed by atoms with E-state index < -0.39 is 0 Å². The van der Waals surface area contributed by atoms with Gasteiger partial charge in [0.05, 0.1) is 0 Å². The number of urea groups is 1. The number of anilines is 2. The Kier molecular flexibility index (Phi) is 8.26. The van der Waals surface area contributed by atoms with Crippen molar-refractivity contribution >= 4 is 23.3 Å². The van der Waals surface area contributed by atoms with Crippen LogP contribution in [0, 0.1) is 6.92 Å². The third kappa shape index (κ3) is 5.53. The molecule has 1 aliphatic heterocycles. The number of carbonyl (C=O) groups excluding carboxylic acids is 2. The van der Waals surface area contributed by atoms with Gasteiger partial charge in [-0.2, -0.15) is 0 Å². The van der Waals surface area contributed by atoms with Gasteiger partial charge < -0.3 is 20.9 Å². The molecule has 0 bridgehead atoms. The maximum absolute atomic E-state index is 12.2. The molecule has 6 nitrogen and oxygen atoms in total. The number of rotatable bonds is 5. The Morgan fingerprint density at radius 2 is 2.00 bits per heavy atom. The van der Waals surface area contributed by atoms with Crippen molar-refractivity contribution in [1.82, 2.24) is 10.2 Å². The maximum Gasteiger partial charge on any atom is 0.321 e. The van der Waals surface area contributed by atoms with E-state index in [2.05, 4.69) is 16.0 Å². The van der Waals surface area contributed by atoms with Crippen molar-refractivity contribution in [1.29, 1.82) is 0 Å². The van der Waals surface area contributed by atoms with Crippen molar-refractivity contribution in [2.75, 3.05) is 37.3 Å². The van der Waals surface area contributed by atoms with E-state index >= 15 is 0 Å². The minimum Gasteiger partial charge on any atom is -0.326 e. The molecule has 6 heteroatoms. The summed E-state index contributed by atoms with van der Waals surface area (Å²) in [5.41, 5.74) is 3.70. The zero-order valence-electron chi connectivity index (χ0n) is 15.5. The van der Waals surface area contributed by atoms with Gasteiger partial charge in [0, 0.05) is 37.9 Å². The van der Waals surface area contributed by atoms with Gasteiger partial charge in [-0.1, -0.05) is 20.8 Å². The summed E-state index contributed by atoms with van der Waals surface area (Å²) in [7, 11) is 1.78. The van der Waals surface area contributed by atoms with Crippen molar-refractivity contribution in [3.05, 3.63) is 23.3 Å². The lowest BCUT2D eigenvalue weighted by Crippen LogP contribution is -2.36. The molecular formula is C18H30N4O2. The highest BCUT2D eigenvalue weighted by atomic mass is 16.2. The molecule has 2 rings (SSSR count). The van der Waals surface area contributed by atoms with Gasteiger partial charge >= 0.3 is 6.03 Å². The molecule has 0 fully saturated rings. The molecular weight excluding hydrogens is 304 g/mol. The minimum atomic E-state index is -0.128. The van der Waals surface area contributed by atoms with Crippen molar-refractivity contribution in [3.8, 4) is 0 Å². The molecule has 0 unspecified atom stereocenters. The lowest BCUT2D eigenvalue weighted by molar-refractivity contribution is -0.116. The van der Waals surface area contributed by atoms with Crippen LogP contribution in [0.3, 0.4) is 0 Å². The Morgan fingerprint density at radius 3 is 2.67 bits per heavy atom. The Labute approximate surface area is 145 Å². The van der Waals surface area contributed by atoms with Gasteiger partial charge in [-0.25, -0.2) is 4.79 Å². The number of hydrogen-bond acceptors (Lipinski definition) is 3. The molecule has 1 aromatic rings. The zero-order chi connectivity index (χ0) is 18.1. The summed E-state index contributed by atoms with van der Waals surface area (Å²) >= 11 is 0. The number of likely N-dealkylation sites (N-methyl/N-ethyl adjacent to an activating group) is 2. The molecule has 0 atom stereocenters. The van der Waals surface area contributed by atoms with Crippen LogP contribution in [0.1, 0.15) is 38.3 Å². The molecule has 1 heterocycles. The second-order valence-electron chi connectivity index (χ2n) is 5.58. The van der Waals surface area contributed by atoms with E-state index in [-0.39, 0.29) is 11.9 Å². The number of hydrogen-bond donors (Lipinski definition) is 3. The smallest absolute Gasteiger partial charge is 0.321 e. The molecule has 3 N–H and O–H groups in total. The van der Waals surface area contributed by atoms with Crippen molar-refractivity contribution < 1.29 is 9.59 Å². The second kappa shape index (κ2) is 9.93. The van der Waals surface area contributed by atoms with Gasteiger partial charge in [-0.3, -0.25) is 4.79 Å². The van der Waals surface area contributed by atoms with Crippen molar-refractivity contribution in [2.45, 2.75) is 40.5 Å². The molecule has 0 saturated heterocycles. The molecule has 24 heavy (non-hydrogen) atoms. The summed E-state index contributed by atoms with van der Waals surface area (Å²) in [5, 5.41) is 9.00. The first-order chi connectivity index (χ1) is 11.5. The molecule has 134 valence electrons. The van der Waals surface area contributed by atoms with E-state index in [4.69, 9.17) is 0 Å². The van der Waals surface area contributed by atoms with Crippen LogP contribution in [0.25, 0.3) is 0 Å². The Bertz CT molecular complexity index is 572. The Hall–Kier alpha value is -2.08. The Morgan fingerprint density at radius 1 is 1.29 bits per heavy atom. The monoisotopic (exact) mass is 334 g/mol. The van der Waals surface area contributed by atoms with Crippen LogP contribution in [0.15, 0.2) is 12.1 Å². The fourth-order valence-corrected chi connectivity index (χ4v) is 2.50. The molecule has 1 aromatic carbocycles. The van der Waals surface area contributed by atoms with Crippen LogP contribution in [0.2, 0.25) is 0 Å². The molecule has 3 amide bonds. The average molecular weight is 334 g/mol. The average Bonchev–Trinajstić information content (AvgIpc) is 2.57. The standard InChI is InChI=1S/C16H24N4O2.C2H6/c1-4-17-7-8-20(3)16(22)18-13-9-11(2)15-12(10-13)5-6-14(21)19-15;1-2/h9-10,17H,4-8H2,1-3H3,(H,18,22)(H,19,21);1-2H3. The summed E-state index contributed by atoms with van der Waals surface area (Å²) in [5.74, 6) is 0.0514. The maximum atomic E-state index is 12.2. The topological polar surface area (TPSA) is 73.5 Å². The lowest BCUT2D eigenvalue weighted by Gasteiger charge is -2.22. The van der Waals surface area contributed by atoms with E-state index in [0.29, 0.717) is 19.4 Å². The quantitative estimate of drug-likeness (QED) is 0.725. The summed E-state index contributed by atoms with van der Waals surface area (Å²) in [6, 6.07) is 3.70. The largest absolute Gasteiger partial charge is 0.326 e. The van der Waals surface area contributed by atoms with E-state index in [9.17, 15) is 9.59 Å². The summed E-state index contributed by atoms with van der Waals surface area (Å²) in [6.07, 6.45) is 1.20. The van der Waals surface area contributed by atoms with E-state index in [1.807, 2.05) is 39.8 Å².